The van der Waals surface area contributed by atoms with E-state index in [1.54, 1.807) is 13.2 Å². The Morgan fingerprint density at radius 3 is 2.55 bits per heavy atom. The Kier molecular flexibility index (Phi) is 7.77. The zero-order chi connectivity index (χ0) is 22.4. The third-order valence-electron chi connectivity index (χ3n) is 4.58. The molecular formula is C25H23BrClNO3. The molecule has 0 fully saturated rings. The topological polar surface area (TPSA) is 47.6 Å². The molecule has 160 valence electrons. The Morgan fingerprint density at radius 2 is 1.87 bits per heavy atom. The lowest BCUT2D eigenvalue weighted by Crippen LogP contribution is -2.09. The molecule has 0 aliphatic rings. The predicted molar refractivity (Wildman–Crippen MR) is 130 cm³/mol. The third kappa shape index (κ3) is 6.12. The molecule has 1 N–H and O–H groups in total. The molecule has 0 atom stereocenters. The second-order valence-electron chi connectivity index (χ2n) is 7.07. The monoisotopic (exact) mass is 499 g/mol. The van der Waals surface area contributed by atoms with Gasteiger partial charge >= 0.3 is 0 Å². The Morgan fingerprint density at radius 1 is 1.13 bits per heavy atom. The van der Waals surface area contributed by atoms with Crippen LogP contribution >= 0.6 is 27.5 Å². The van der Waals surface area contributed by atoms with Crippen LogP contribution in [0.15, 0.2) is 65.1 Å². The van der Waals surface area contributed by atoms with E-state index in [0.717, 1.165) is 26.7 Å². The van der Waals surface area contributed by atoms with Gasteiger partial charge < -0.3 is 14.8 Å². The highest BCUT2D eigenvalue weighted by Gasteiger charge is 2.12. The fourth-order valence-electron chi connectivity index (χ4n) is 3.12. The summed E-state index contributed by atoms with van der Waals surface area (Å²) >= 11 is 9.81. The van der Waals surface area contributed by atoms with Crippen molar-refractivity contribution in [2.75, 3.05) is 12.4 Å². The van der Waals surface area contributed by atoms with E-state index in [0.29, 0.717) is 28.8 Å². The van der Waals surface area contributed by atoms with E-state index in [1.165, 1.54) is 6.08 Å². The first kappa shape index (κ1) is 22.9. The van der Waals surface area contributed by atoms with Crippen LogP contribution in [0.1, 0.15) is 22.3 Å². The third-order valence-corrected chi connectivity index (χ3v) is 5.47. The SMILES string of the molecule is COc1cc(/C=C/C(=O)Nc2c(C)cc(C)cc2Cl)cc(Br)c1OCc1ccccc1. The molecule has 0 bridgehead atoms. The van der Waals surface area contributed by atoms with Crippen molar-refractivity contribution in [1.29, 1.82) is 0 Å². The van der Waals surface area contributed by atoms with E-state index in [9.17, 15) is 4.79 Å². The van der Waals surface area contributed by atoms with Crippen molar-refractivity contribution in [3.8, 4) is 11.5 Å². The first-order valence-corrected chi connectivity index (χ1v) is 10.8. The molecule has 31 heavy (non-hydrogen) atoms. The summed E-state index contributed by atoms with van der Waals surface area (Å²) in [6.07, 6.45) is 3.17. The summed E-state index contributed by atoms with van der Waals surface area (Å²) in [7, 11) is 1.58. The normalized spacial score (nSPS) is 10.9. The number of rotatable bonds is 7. The zero-order valence-corrected chi connectivity index (χ0v) is 19.9. The maximum absolute atomic E-state index is 12.4. The first-order chi connectivity index (χ1) is 14.9. The van der Waals surface area contributed by atoms with Crippen LogP contribution in [-0.2, 0) is 11.4 Å². The van der Waals surface area contributed by atoms with Crippen molar-refractivity contribution >= 4 is 45.2 Å². The number of benzene rings is 3. The Hall–Kier alpha value is -2.76. The molecule has 1 amide bonds. The number of hydrogen-bond donors (Lipinski definition) is 1. The summed E-state index contributed by atoms with van der Waals surface area (Å²) in [4.78, 5) is 12.4. The van der Waals surface area contributed by atoms with E-state index in [2.05, 4.69) is 21.2 Å². The van der Waals surface area contributed by atoms with Crippen molar-refractivity contribution < 1.29 is 14.3 Å². The highest BCUT2D eigenvalue weighted by atomic mass is 79.9. The van der Waals surface area contributed by atoms with Gasteiger partial charge in [0, 0.05) is 6.08 Å². The molecule has 3 aromatic rings. The van der Waals surface area contributed by atoms with Crippen LogP contribution in [0.25, 0.3) is 6.08 Å². The second-order valence-corrected chi connectivity index (χ2v) is 8.33. The maximum atomic E-state index is 12.4. The number of nitrogens with one attached hydrogen (secondary N) is 1. The molecule has 0 saturated heterocycles. The predicted octanol–water partition coefficient (Wildman–Crippen LogP) is 6.96. The minimum atomic E-state index is -0.270. The van der Waals surface area contributed by atoms with Gasteiger partial charge in [-0.2, -0.15) is 0 Å². The van der Waals surface area contributed by atoms with Crippen molar-refractivity contribution in [3.05, 3.63) is 92.4 Å². The average molecular weight is 501 g/mol. The van der Waals surface area contributed by atoms with Gasteiger partial charge in [0.1, 0.15) is 6.61 Å². The first-order valence-electron chi connectivity index (χ1n) is 9.67. The highest BCUT2D eigenvalue weighted by Crippen LogP contribution is 2.37. The highest BCUT2D eigenvalue weighted by molar-refractivity contribution is 9.10. The Balaban J connectivity index is 1.73. The molecule has 0 radical (unpaired) electrons. The van der Waals surface area contributed by atoms with Gasteiger partial charge in [0.15, 0.2) is 11.5 Å². The van der Waals surface area contributed by atoms with Gasteiger partial charge in [-0.25, -0.2) is 0 Å². The van der Waals surface area contributed by atoms with Gasteiger partial charge in [-0.1, -0.05) is 48.0 Å². The van der Waals surface area contributed by atoms with Gasteiger partial charge in [0.05, 0.1) is 22.3 Å². The van der Waals surface area contributed by atoms with Gasteiger partial charge in [0.25, 0.3) is 0 Å². The molecule has 0 spiro atoms. The summed E-state index contributed by atoms with van der Waals surface area (Å²) in [5.41, 5.74) is 4.42. The van der Waals surface area contributed by atoms with E-state index in [4.69, 9.17) is 21.1 Å². The zero-order valence-electron chi connectivity index (χ0n) is 17.5. The van der Waals surface area contributed by atoms with Crippen LogP contribution in [-0.4, -0.2) is 13.0 Å². The van der Waals surface area contributed by atoms with Crippen molar-refractivity contribution in [2.45, 2.75) is 20.5 Å². The van der Waals surface area contributed by atoms with Crippen LogP contribution in [0.3, 0.4) is 0 Å². The van der Waals surface area contributed by atoms with Crippen molar-refractivity contribution in [1.82, 2.24) is 0 Å². The largest absolute Gasteiger partial charge is 0.493 e. The second kappa shape index (κ2) is 10.5. The lowest BCUT2D eigenvalue weighted by Gasteiger charge is -2.14. The fraction of sp³-hybridized carbons (Fsp3) is 0.160. The minimum Gasteiger partial charge on any atom is -0.493 e. The lowest BCUT2D eigenvalue weighted by atomic mass is 10.1. The smallest absolute Gasteiger partial charge is 0.248 e. The van der Waals surface area contributed by atoms with Crippen LogP contribution in [0.4, 0.5) is 5.69 Å². The van der Waals surface area contributed by atoms with Crippen molar-refractivity contribution in [2.24, 2.45) is 0 Å². The van der Waals surface area contributed by atoms with Gasteiger partial charge in [-0.3, -0.25) is 4.79 Å². The maximum Gasteiger partial charge on any atom is 0.248 e. The molecule has 4 nitrogen and oxygen atoms in total. The number of methoxy groups -OCH3 is 1. The van der Waals surface area contributed by atoms with Gasteiger partial charge in [0.2, 0.25) is 5.91 Å². The molecule has 0 heterocycles. The van der Waals surface area contributed by atoms with E-state index < -0.39 is 0 Å². The number of carbonyl (C=O) groups is 1. The van der Waals surface area contributed by atoms with Crippen molar-refractivity contribution in [3.63, 3.8) is 0 Å². The number of hydrogen-bond acceptors (Lipinski definition) is 3. The van der Waals surface area contributed by atoms with Crippen LogP contribution in [0.5, 0.6) is 11.5 Å². The number of amides is 1. The molecule has 3 aromatic carbocycles. The average Bonchev–Trinajstić information content (AvgIpc) is 2.74. The molecule has 0 aliphatic carbocycles. The lowest BCUT2D eigenvalue weighted by molar-refractivity contribution is -0.111. The summed E-state index contributed by atoms with van der Waals surface area (Å²) < 4.78 is 12.2. The van der Waals surface area contributed by atoms with Gasteiger partial charge in [-0.15, -0.1) is 0 Å². The van der Waals surface area contributed by atoms with E-state index in [-0.39, 0.29) is 5.91 Å². The molecule has 3 rings (SSSR count). The Bertz CT molecular complexity index is 1090. The summed E-state index contributed by atoms with van der Waals surface area (Å²) in [6.45, 7) is 4.29. The molecular weight excluding hydrogens is 478 g/mol. The van der Waals surface area contributed by atoms with E-state index in [1.807, 2.05) is 68.4 Å². The number of aryl methyl sites for hydroxylation is 2. The summed E-state index contributed by atoms with van der Waals surface area (Å²) in [5.74, 6) is 0.908. The fourth-order valence-corrected chi connectivity index (χ4v) is 4.06. The minimum absolute atomic E-state index is 0.270. The van der Waals surface area contributed by atoms with Crippen LogP contribution < -0.4 is 14.8 Å². The molecule has 0 aromatic heterocycles. The van der Waals surface area contributed by atoms with Crippen LogP contribution in [0.2, 0.25) is 5.02 Å². The summed E-state index contributed by atoms with van der Waals surface area (Å²) in [6, 6.07) is 17.4. The summed E-state index contributed by atoms with van der Waals surface area (Å²) in [5, 5.41) is 3.36. The molecule has 6 heteroatoms. The molecule has 0 saturated carbocycles. The number of carbonyl (C=O) groups excluding carboxylic acids is 1. The van der Waals surface area contributed by atoms with Crippen LogP contribution in [0, 0.1) is 13.8 Å². The quantitative estimate of drug-likeness (QED) is 0.357. The standard InChI is InChI=1S/C25H23BrClNO3/c1-16-11-17(2)24(21(27)12-16)28-23(29)10-9-19-13-20(26)25(22(14-19)30-3)31-15-18-7-5-4-6-8-18/h4-14H,15H2,1-3H3,(H,28,29)/b10-9+. The molecule has 0 aliphatic heterocycles. The molecule has 0 unspecified atom stereocenters. The van der Waals surface area contributed by atoms with Gasteiger partial charge in [-0.05, 0) is 76.3 Å². The van der Waals surface area contributed by atoms with E-state index >= 15 is 0 Å². The number of anilines is 1. The number of halogens is 2. The number of ether oxygens (including phenoxy) is 2. The Labute approximate surface area is 196 Å².